The van der Waals surface area contributed by atoms with Crippen LogP contribution in [0.1, 0.15) is 40.5 Å². The van der Waals surface area contributed by atoms with E-state index in [0.717, 1.165) is 39.0 Å². The molecule has 1 aliphatic heterocycles. The van der Waals surface area contributed by atoms with Crippen LogP contribution in [0.25, 0.3) is 0 Å². The van der Waals surface area contributed by atoms with Gasteiger partial charge in [0.1, 0.15) is 0 Å². The van der Waals surface area contributed by atoms with E-state index in [0.29, 0.717) is 24.4 Å². The number of nitrogens with zero attached hydrogens (tertiary/aromatic N) is 2. The molecule has 2 atom stereocenters. The summed E-state index contributed by atoms with van der Waals surface area (Å²) in [4.78, 5) is 28.9. The Morgan fingerprint density at radius 1 is 1.12 bits per heavy atom. The van der Waals surface area contributed by atoms with E-state index in [-0.39, 0.29) is 17.2 Å². The molecular formula is C19H31N3O2. The minimum absolute atomic E-state index is 0.0790. The van der Waals surface area contributed by atoms with E-state index in [4.69, 9.17) is 0 Å². The van der Waals surface area contributed by atoms with Gasteiger partial charge in [0, 0.05) is 32.2 Å². The average molecular weight is 333 g/mol. The molecular weight excluding hydrogens is 302 g/mol. The summed E-state index contributed by atoms with van der Waals surface area (Å²) < 4.78 is 0. The van der Waals surface area contributed by atoms with Crippen molar-refractivity contribution < 1.29 is 9.59 Å². The molecule has 0 bridgehead atoms. The summed E-state index contributed by atoms with van der Waals surface area (Å²) >= 11 is 0. The average Bonchev–Trinajstić information content (AvgIpc) is 3.38. The lowest BCUT2D eigenvalue weighted by Crippen LogP contribution is -2.51. The van der Waals surface area contributed by atoms with Crippen LogP contribution < -0.4 is 5.32 Å². The van der Waals surface area contributed by atoms with Crippen LogP contribution in [0.15, 0.2) is 11.6 Å². The number of hydrogen-bond acceptors (Lipinski definition) is 3. The SMILES string of the molecule is CC(C)=C[C@@H]1[C@@H](C(=O)N2CCN(CC(=O)NC3CC3)CC2)C1(C)C. The molecule has 1 heterocycles. The molecule has 0 unspecified atom stereocenters. The maximum Gasteiger partial charge on any atom is 0.234 e. The van der Waals surface area contributed by atoms with Gasteiger partial charge in [-0.3, -0.25) is 14.5 Å². The molecule has 0 spiro atoms. The molecule has 3 aliphatic rings. The summed E-state index contributed by atoms with van der Waals surface area (Å²) in [6.07, 6.45) is 4.50. The summed E-state index contributed by atoms with van der Waals surface area (Å²) in [6.45, 7) is 12.1. The maximum absolute atomic E-state index is 12.8. The molecule has 3 rings (SSSR count). The zero-order valence-electron chi connectivity index (χ0n) is 15.5. The molecule has 5 nitrogen and oxygen atoms in total. The minimum Gasteiger partial charge on any atom is -0.352 e. The third kappa shape index (κ3) is 3.82. The number of rotatable bonds is 5. The quantitative estimate of drug-likeness (QED) is 0.779. The zero-order valence-corrected chi connectivity index (χ0v) is 15.5. The van der Waals surface area contributed by atoms with Crippen LogP contribution in [-0.2, 0) is 9.59 Å². The second kappa shape index (κ2) is 6.51. The van der Waals surface area contributed by atoms with E-state index in [1.54, 1.807) is 0 Å². The summed E-state index contributed by atoms with van der Waals surface area (Å²) in [6, 6.07) is 0.421. The number of hydrogen-bond donors (Lipinski definition) is 1. The molecule has 1 N–H and O–H groups in total. The first-order valence-electron chi connectivity index (χ1n) is 9.24. The standard InChI is InChI=1S/C19H31N3O2/c1-13(2)11-15-17(19(15,3)4)18(24)22-9-7-21(8-10-22)12-16(23)20-14-5-6-14/h11,14-15,17H,5-10,12H2,1-4H3,(H,20,23)/t15-,17+/m1/s1. The molecule has 2 aliphatic carbocycles. The molecule has 1 saturated heterocycles. The fraction of sp³-hybridized carbons (Fsp3) is 0.789. The second-order valence-electron chi connectivity index (χ2n) is 8.51. The number of carbonyl (C=O) groups is 2. The van der Waals surface area contributed by atoms with Gasteiger partial charge in [-0.25, -0.2) is 0 Å². The minimum atomic E-state index is 0.0790. The van der Waals surface area contributed by atoms with Crippen LogP contribution >= 0.6 is 0 Å². The van der Waals surface area contributed by atoms with Crippen molar-refractivity contribution in [1.29, 1.82) is 0 Å². The van der Waals surface area contributed by atoms with E-state index >= 15 is 0 Å². The van der Waals surface area contributed by atoms with Crippen molar-refractivity contribution >= 4 is 11.8 Å². The third-order valence-corrected chi connectivity index (χ3v) is 5.68. The monoisotopic (exact) mass is 333 g/mol. The van der Waals surface area contributed by atoms with Crippen molar-refractivity contribution in [3.63, 3.8) is 0 Å². The van der Waals surface area contributed by atoms with E-state index in [9.17, 15) is 9.59 Å². The van der Waals surface area contributed by atoms with Crippen molar-refractivity contribution in [3.8, 4) is 0 Å². The summed E-state index contributed by atoms with van der Waals surface area (Å²) in [5, 5.41) is 3.03. The lowest BCUT2D eigenvalue weighted by Gasteiger charge is -2.34. The van der Waals surface area contributed by atoms with Gasteiger partial charge in [0.05, 0.1) is 12.5 Å². The highest BCUT2D eigenvalue weighted by Gasteiger charge is 2.61. The molecule has 0 aromatic rings. The lowest BCUT2D eigenvalue weighted by atomic mass is 10.1. The number of piperazine rings is 1. The van der Waals surface area contributed by atoms with Gasteiger partial charge in [0.2, 0.25) is 11.8 Å². The molecule has 134 valence electrons. The number of carbonyl (C=O) groups excluding carboxylic acids is 2. The van der Waals surface area contributed by atoms with Crippen molar-refractivity contribution in [3.05, 3.63) is 11.6 Å². The highest BCUT2D eigenvalue weighted by molar-refractivity contribution is 5.84. The van der Waals surface area contributed by atoms with E-state index in [1.165, 1.54) is 5.57 Å². The normalized spacial score (nSPS) is 29.1. The molecule has 0 aromatic heterocycles. The number of allylic oxidation sites excluding steroid dienone is 2. The Kier molecular flexibility index (Phi) is 4.73. The van der Waals surface area contributed by atoms with Gasteiger partial charge in [-0.1, -0.05) is 25.5 Å². The van der Waals surface area contributed by atoms with Crippen molar-refractivity contribution in [2.45, 2.75) is 46.6 Å². The van der Waals surface area contributed by atoms with Crippen LogP contribution in [-0.4, -0.2) is 60.4 Å². The number of nitrogens with one attached hydrogen (secondary N) is 1. The van der Waals surface area contributed by atoms with Gasteiger partial charge in [-0.15, -0.1) is 0 Å². The largest absolute Gasteiger partial charge is 0.352 e. The number of amides is 2. The Morgan fingerprint density at radius 3 is 2.29 bits per heavy atom. The molecule has 0 radical (unpaired) electrons. The molecule has 24 heavy (non-hydrogen) atoms. The molecule has 2 saturated carbocycles. The van der Waals surface area contributed by atoms with Crippen LogP contribution in [0.4, 0.5) is 0 Å². The topological polar surface area (TPSA) is 52.7 Å². The predicted octanol–water partition coefficient (Wildman–Crippen LogP) is 1.65. The highest BCUT2D eigenvalue weighted by atomic mass is 16.2. The van der Waals surface area contributed by atoms with Gasteiger partial charge in [0.25, 0.3) is 0 Å². The molecule has 5 heteroatoms. The Labute approximate surface area is 145 Å². The fourth-order valence-corrected chi connectivity index (χ4v) is 3.85. The second-order valence-corrected chi connectivity index (χ2v) is 8.51. The third-order valence-electron chi connectivity index (χ3n) is 5.68. The van der Waals surface area contributed by atoms with Crippen molar-refractivity contribution in [2.24, 2.45) is 17.3 Å². The first-order chi connectivity index (χ1) is 11.3. The van der Waals surface area contributed by atoms with Crippen LogP contribution in [0.5, 0.6) is 0 Å². The summed E-state index contributed by atoms with van der Waals surface area (Å²) in [5.41, 5.74) is 1.37. The van der Waals surface area contributed by atoms with E-state index in [2.05, 4.69) is 44.0 Å². The maximum atomic E-state index is 12.8. The predicted molar refractivity (Wildman–Crippen MR) is 94.4 cm³/mol. The van der Waals surface area contributed by atoms with Gasteiger partial charge < -0.3 is 10.2 Å². The zero-order chi connectivity index (χ0) is 17.5. The van der Waals surface area contributed by atoms with Crippen molar-refractivity contribution in [1.82, 2.24) is 15.1 Å². The van der Waals surface area contributed by atoms with E-state index in [1.807, 2.05) is 4.90 Å². The van der Waals surface area contributed by atoms with Crippen LogP contribution in [0.2, 0.25) is 0 Å². The highest BCUT2D eigenvalue weighted by Crippen LogP contribution is 2.60. The molecule has 3 fully saturated rings. The Hall–Kier alpha value is -1.36. The Morgan fingerprint density at radius 2 is 1.75 bits per heavy atom. The van der Waals surface area contributed by atoms with Crippen molar-refractivity contribution in [2.75, 3.05) is 32.7 Å². The summed E-state index contributed by atoms with van der Waals surface area (Å²) in [7, 11) is 0. The Balaban J connectivity index is 1.47. The summed E-state index contributed by atoms with van der Waals surface area (Å²) in [5.74, 6) is 0.920. The van der Waals surface area contributed by atoms with Gasteiger partial charge in [0.15, 0.2) is 0 Å². The van der Waals surface area contributed by atoms with Crippen LogP contribution in [0.3, 0.4) is 0 Å². The molecule has 2 amide bonds. The van der Waals surface area contributed by atoms with E-state index < -0.39 is 0 Å². The van der Waals surface area contributed by atoms with Gasteiger partial charge in [-0.2, -0.15) is 0 Å². The smallest absolute Gasteiger partial charge is 0.234 e. The lowest BCUT2D eigenvalue weighted by molar-refractivity contribution is -0.135. The first-order valence-corrected chi connectivity index (χ1v) is 9.24. The van der Waals surface area contributed by atoms with Gasteiger partial charge in [-0.05, 0) is 38.0 Å². The first kappa shape index (κ1) is 17.5. The molecule has 0 aromatic carbocycles. The fourth-order valence-electron chi connectivity index (χ4n) is 3.85. The van der Waals surface area contributed by atoms with Gasteiger partial charge >= 0.3 is 0 Å². The Bertz CT molecular complexity index is 539. The van der Waals surface area contributed by atoms with Crippen LogP contribution in [0, 0.1) is 17.3 Å².